The molecule has 286 valence electrons. The Morgan fingerprint density at radius 1 is 0.295 bits per heavy atom. The third kappa shape index (κ3) is 6.84. The molecule has 0 fully saturated rings. The average Bonchev–Trinajstić information content (AvgIpc) is 3.76. The highest BCUT2D eigenvalue weighted by Gasteiger charge is 2.24. The van der Waals surface area contributed by atoms with Crippen molar-refractivity contribution in [2.24, 2.45) is 0 Å². The Hall–Kier alpha value is -8.28. The largest absolute Gasteiger partial charge is 0.453 e. The molecule has 0 N–H and O–H groups in total. The van der Waals surface area contributed by atoms with Crippen molar-refractivity contribution in [2.75, 3.05) is 0 Å². The summed E-state index contributed by atoms with van der Waals surface area (Å²) in [5.41, 5.74) is 13.6. The Kier molecular flexibility index (Phi) is 9.10. The Labute approximate surface area is 353 Å². The maximum absolute atomic E-state index is 6.97. The van der Waals surface area contributed by atoms with Crippen molar-refractivity contribution in [1.82, 2.24) is 19.9 Å². The van der Waals surface area contributed by atoms with Crippen molar-refractivity contribution in [3.63, 3.8) is 0 Å². The highest BCUT2D eigenvalue weighted by atomic mass is 16.3. The molecule has 5 heteroatoms. The molecular formula is C56H36N4O. The van der Waals surface area contributed by atoms with Gasteiger partial charge in [-0.3, -0.25) is 0 Å². The quantitative estimate of drug-likeness (QED) is 0.154. The molecule has 3 heterocycles. The minimum atomic E-state index is 0.578. The van der Waals surface area contributed by atoms with Crippen LogP contribution in [0, 0.1) is 0 Å². The minimum Gasteiger partial charge on any atom is -0.453 e. The van der Waals surface area contributed by atoms with Crippen LogP contribution in [0.3, 0.4) is 0 Å². The molecule has 0 saturated carbocycles. The van der Waals surface area contributed by atoms with Gasteiger partial charge >= 0.3 is 0 Å². The molecule has 0 atom stereocenters. The van der Waals surface area contributed by atoms with E-state index >= 15 is 0 Å². The second-order valence-electron chi connectivity index (χ2n) is 15.0. The highest BCUT2D eigenvalue weighted by Crippen LogP contribution is 2.46. The summed E-state index contributed by atoms with van der Waals surface area (Å²) in [4.78, 5) is 20.6. The van der Waals surface area contributed by atoms with Crippen LogP contribution < -0.4 is 0 Å². The molecule has 0 unspecified atom stereocenters. The second kappa shape index (κ2) is 15.5. The van der Waals surface area contributed by atoms with E-state index in [1.165, 1.54) is 0 Å². The van der Waals surface area contributed by atoms with E-state index in [1.807, 2.05) is 42.5 Å². The van der Waals surface area contributed by atoms with Crippen LogP contribution in [0.1, 0.15) is 0 Å². The highest BCUT2D eigenvalue weighted by molar-refractivity contribution is 6.18. The Morgan fingerprint density at radius 3 is 1.28 bits per heavy atom. The number of fused-ring (bicyclic) bond motifs is 3. The lowest BCUT2D eigenvalue weighted by Gasteiger charge is -2.11. The molecule has 5 nitrogen and oxygen atoms in total. The predicted octanol–water partition coefficient (Wildman–Crippen LogP) is 14.5. The zero-order chi connectivity index (χ0) is 40.5. The molecule has 61 heavy (non-hydrogen) atoms. The minimum absolute atomic E-state index is 0.578. The van der Waals surface area contributed by atoms with Gasteiger partial charge in [0, 0.05) is 44.2 Å². The maximum Gasteiger partial charge on any atom is 0.164 e. The summed E-state index contributed by atoms with van der Waals surface area (Å²) in [5, 5.41) is 2.08. The van der Waals surface area contributed by atoms with E-state index in [0.29, 0.717) is 17.5 Å². The molecule has 0 aliphatic carbocycles. The van der Waals surface area contributed by atoms with Crippen LogP contribution in [-0.4, -0.2) is 19.9 Å². The first-order valence-corrected chi connectivity index (χ1v) is 20.4. The first kappa shape index (κ1) is 35.8. The summed E-state index contributed by atoms with van der Waals surface area (Å²) in [6.45, 7) is 0. The van der Waals surface area contributed by atoms with Gasteiger partial charge in [-0.15, -0.1) is 0 Å². The van der Waals surface area contributed by atoms with Gasteiger partial charge in [0.1, 0.15) is 11.5 Å². The van der Waals surface area contributed by atoms with Gasteiger partial charge in [0.25, 0.3) is 0 Å². The molecule has 0 amide bonds. The number of furan rings is 1. The van der Waals surface area contributed by atoms with Gasteiger partial charge in [-0.25, -0.2) is 19.9 Å². The van der Waals surface area contributed by atoms with E-state index in [4.69, 9.17) is 24.4 Å². The van der Waals surface area contributed by atoms with Crippen LogP contribution in [0.25, 0.3) is 112 Å². The molecule has 0 aliphatic heterocycles. The van der Waals surface area contributed by atoms with Crippen molar-refractivity contribution in [1.29, 1.82) is 0 Å². The van der Waals surface area contributed by atoms with E-state index in [2.05, 4.69) is 176 Å². The third-order valence-electron chi connectivity index (χ3n) is 11.1. The van der Waals surface area contributed by atoms with Gasteiger partial charge in [0.05, 0.1) is 5.52 Å². The SMILES string of the molecule is c1ccc(-c2cccc(-c3nc(-c4ccc(-c5nc6ccccc6c6c(-c7ccccc7)c(-c7ccccc7)oc56)cc4)nc(-c4cccc(-c5ccccc5)c4)n3)c2)cc1. The molecule has 3 aromatic heterocycles. The first-order valence-electron chi connectivity index (χ1n) is 20.4. The molecule has 0 radical (unpaired) electrons. The van der Waals surface area contributed by atoms with Gasteiger partial charge in [-0.1, -0.05) is 200 Å². The van der Waals surface area contributed by atoms with E-state index in [1.54, 1.807) is 0 Å². The van der Waals surface area contributed by atoms with Gasteiger partial charge in [0.2, 0.25) is 0 Å². The number of aromatic nitrogens is 4. The summed E-state index contributed by atoms with van der Waals surface area (Å²) >= 11 is 0. The van der Waals surface area contributed by atoms with E-state index < -0.39 is 0 Å². The third-order valence-corrected chi connectivity index (χ3v) is 11.1. The number of hydrogen-bond acceptors (Lipinski definition) is 5. The number of benzene rings is 8. The number of hydrogen-bond donors (Lipinski definition) is 0. The number of para-hydroxylation sites is 1. The number of pyridine rings is 1. The number of nitrogens with zero attached hydrogens (tertiary/aromatic N) is 4. The zero-order valence-corrected chi connectivity index (χ0v) is 33.0. The summed E-state index contributed by atoms with van der Waals surface area (Å²) in [7, 11) is 0. The molecular weight excluding hydrogens is 745 g/mol. The fourth-order valence-corrected chi connectivity index (χ4v) is 8.15. The van der Waals surface area contributed by atoms with Crippen molar-refractivity contribution >= 4 is 21.9 Å². The standard InChI is InChI=1S/C56H36N4O/c1-5-17-37(18-6-1)43-25-15-27-45(35-43)55-58-54(59-56(60-55)46-28-16-26-44(36-46)38-19-7-2-8-20-38)42-33-31-40(32-34-42)51-53-50(47-29-13-14-30-48(47)57-51)49(39-21-9-3-10-22-39)52(61-53)41-23-11-4-12-24-41/h1-36H. The number of rotatable bonds is 8. The van der Waals surface area contributed by atoms with Gasteiger partial charge in [-0.05, 0) is 46.0 Å². The Balaban J connectivity index is 1.06. The summed E-state index contributed by atoms with van der Waals surface area (Å²) < 4.78 is 6.97. The second-order valence-corrected chi connectivity index (χ2v) is 15.0. The monoisotopic (exact) mass is 780 g/mol. The molecule has 8 aromatic carbocycles. The van der Waals surface area contributed by atoms with Crippen LogP contribution in [0.15, 0.2) is 223 Å². The van der Waals surface area contributed by atoms with Gasteiger partial charge < -0.3 is 4.42 Å². The lowest BCUT2D eigenvalue weighted by Crippen LogP contribution is -2.00. The summed E-state index contributed by atoms with van der Waals surface area (Å²) in [6.07, 6.45) is 0. The van der Waals surface area contributed by atoms with Crippen molar-refractivity contribution < 1.29 is 4.42 Å². The molecule has 0 spiro atoms. The van der Waals surface area contributed by atoms with Crippen LogP contribution >= 0.6 is 0 Å². The molecule has 0 saturated heterocycles. The van der Waals surface area contributed by atoms with Crippen LogP contribution in [0.2, 0.25) is 0 Å². The molecule has 0 aliphatic rings. The van der Waals surface area contributed by atoms with Crippen molar-refractivity contribution in [2.45, 2.75) is 0 Å². The summed E-state index contributed by atoms with van der Waals surface area (Å²) in [6, 6.07) is 75.0. The van der Waals surface area contributed by atoms with Gasteiger partial charge in [-0.2, -0.15) is 0 Å². The van der Waals surface area contributed by atoms with E-state index in [0.717, 1.165) is 94.5 Å². The smallest absolute Gasteiger partial charge is 0.164 e. The zero-order valence-electron chi connectivity index (χ0n) is 33.0. The average molecular weight is 781 g/mol. The topological polar surface area (TPSA) is 64.7 Å². The van der Waals surface area contributed by atoms with Crippen LogP contribution in [0.5, 0.6) is 0 Å². The van der Waals surface area contributed by atoms with Gasteiger partial charge in [0.15, 0.2) is 23.1 Å². The molecule has 11 aromatic rings. The van der Waals surface area contributed by atoms with E-state index in [9.17, 15) is 0 Å². The molecule has 0 bridgehead atoms. The van der Waals surface area contributed by atoms with Crippen LogP contribution in [0.4, 0.5) is 0 Å². The van der Waals surface area contributed by atoms with E-state index in [-0.39, 0.29) is 0 Å². The Bertz CT molecular complexity index is 3230. The Morgan fingerprint density at radius 2 is 0.721 bits per heavy atom. The predicted molar refractivity (Wildman–Crippen MR) is 248 cm³/mol. The fourth-order valence-electron chi connectivity index (χ4n) is 8.15. The van der Waals surface area contributed by atoms with Crippen molar-refractivity contribution in [3.8, 4) is 90.1 Å². The lowest BCUT2D eigenvalue weighted by molar-refractivity contribution is 0.632. The first-order chi connectivity index (χ1) is 30.2. The maximum atomic E-state index is 6.97. The molecule has 11 rings (SSSR count). The lowest BCUT2D eigenvalue weighted by atomic mass is 9.95. The summed E-state index contributed by atoms with van der Waals surface area (Å²) in [5.74, 6) is 2.59. The fraction of sp³-hybridized carbons (Fsp3) is 0. The normalized spacial score (nSPS) is 11.3. The van der Waals surface area contributed by atoms with Crippen molar-refractivity contribution in [3.05, 3.63) is 218 Å². The van der Waals surface area contributed by atoms with Crippen LogP contribution in [-0.2, 0) is 0 Å².